The summed E-state index contributed by atoms with van der Waals surface area (Å²) in [5.74, 6) is 0.143. The number of anilines is 1. The fraction of sp³-hybridized carbons (Fsp3) is 0.467. The Hall–Kier alpha value is -1.66. The van der Waals surface area contributed by atoms with Crippen LogP contribution in [-0.4, -0.2) is 30.1 Å². The average molecular weight is 307 g/mol. The van der Waals surface area contributed by atoms with E-state index in [4.69, 9.17) is 10.5 Å². The third-order valence-corrected chi connectivity index (χ3v) is 4.51. The zero-order valence-electron chi connectivity index (χ0n) is 12.6. The molecule has 0 saturated carbocycles. The van der Waals surface area contributed by atoms with Gasteiger partial charge in [-0.05, 0) is 18.9 Å². The molecule has 0 aliphatic rings. The Morgan fingerprint density at radius 1 is 1.52 bits per heavy atom. The standard InChI is InChI=1S/C15H21N3O2S/c1-4-20-8-11(9(2)3)18-15(19)14-13(16)10-5-6-17-7-12(10)21-14/h5-7,9,11H,4,8,16H2,1-3H3,(H,18,19). The first-order valence-electron chi connectivity index (χ1n) is 7.05. The van der Waals surface area contributed by atoms with Gasteiger partial charge < -0.3 is 15.8 Å². The number of thiophene rings is 1. The number of hydrogen-bond acceptors (Lipinski definition) is 5. The lowest BCUT2D eigenvalue weighted by atomic mass is 10.1. The summed E-state index contributed by atoms with van der Waals surface area (Å²) in [6, 6.07) is 1.80. The van der Waals surface area contributed by atoms with E-state index in [-0.39, 0.29) is 17.9 Å². The van der Waals surface area contributed by atoms with Crippen molar-refractivity contribution in [2.45, 2.75) is 26.8 Å². The molecule has 114 valence electrons. The highest BCUT2D eigenvalue weighted by molar-refractivity contribution is 7.21. The zero-order chi connectivity index (χ0) is 15.4. The smallest absolute Gasteiger partial charge is 0.263 e. The van der Waals surface area contributed by atoms with Crippen molar-refractivity contribution >= 4 is 33.0 Å². The lowest BCUT2D eigenvalue weighted by Crippen LogP contribution is -2.41. The molecule has 0 aromatic carbocycles. The molecule has 0 saturated heterocycles. The van der Waals surface area contributed by atoms with Crippen LogP contribution in [0.25, 0.3) is 10.1 Å². The normalized spacial score (nSPS) is 12.8. The molecule has 0 aliphatic heterocycles. The van der Waals surface area contributed by atoms with Crippen LogP contribution in [0.5, 0.6) is 0 Å². The highest BCUT2D eigenvalue weighted by Gasteiger charge is 2.21. The minimum atomic E-state index is -0.146. The maximum atomic E-state index is 12.5. The predicted molar refractivity (Wildman–Crippen MR) is 86.6 cm³/mol. The fourth-order valence-corrected chi connectivity index (χ4v) is 3.01. The van der Waals surface area contributed by atoms with Crippen LogP contribution in [0.3, 0.4) is 0 Å². The summed E-state index contributed by atoms with van der Waals surface area (Å²) in [6.07, 6.45) is 3.41. The fourth-order valence-electron chi connectivity index (χ4n) is 2.02. The van der Waals surface area contributed by atoms with Crippen molar-refractivity contribution in [2.24, 2.45) is 5.92 Å². The molecule has 2 aromatic rings. The summed E-state index contributed by atoms with van der Waals surface area (Å²) < 4.78 is 6.35. The lowest BCUT2D eigenvalue weighted by molar-refractivity contribution is 0.0810. The molecule has 1 unspecified atom stereocenters. The Kier molecular flexibility index (Phi) is 5.14. The second kappa shape index (κ2) is 6.87. The van der Waals surface area contributed by atoms with Gasteiger partial charge in [0.05, 0.1) is 23.0 Å². The number of fused-ring (bicyclic) bond motifs is 1. The number of nitrogens with two attached hydrogens (primary N) is 1. The van der Waals surface area contributed by atoms with E-state index in [9.17, 15) is 4.79 Å². The number of hydrogen-bond donors (Lipinski definition) is 2. The van der Waals surface area contributed by atoms with Crippen molar-refractivity contribution in [1.29, 1.82) is 0 Å². The van der Waals surface area contributed by atoms with Gasteiger partial charge in [0, 0.05) is 24.4 Å². The van der Waals surface area contributed by atoms with Gasteiger partial charge in [0.25, 0.3) is 5.91 Å². The molecular formula is C15H21N3O2S. The number of nitrogens with zero attached hydrogens (tertiary/aromatic N) is 1. The van der Waals surface area contributed by atoms with E-state index in [1.807, 2.05) is 13.0 Å². The van der Waals surface area contributed by atoms with Crippen LogP contribution < -0.4 is 11.1 Å². The lowest BCUT2D eigenvalue weighted by Gasteiger charge is -2.21. The van der Waals surface area contributed by atoms with E-state index in [1.54, 1.807) is 12.4 Å². The van der Waals surface area contributed by atoms with E-state index in [0.29, 0.717) is 23.8 Å². The molecule has 5 nitrogen and oxygen atoms in total. The Labute approximate surface area is 128 Å². The first-order chi connectivity index (χ1) is 10.0. The highest BCUT2D eigenvalue weighted by atomic mass is 32.1. The molecular weight excluding hydrogens is 286 g/mol. The Bertz CT molecular complexity index is 624. The summed E-state index contributed by atoms with van der Waals surface area (Å²) in [6.45, 7) is 7.20. The number of aromatic nitrogens is 1. The highest BCUT2D eigenvalue weighted by Crippen LogP contribution is 2.32. The van der Waals surface area contributed by atoms with E-state index >= 15 is 0 Å². The summed E-state index contributed by atoms with van der Waals surface area (Å²) in [7, 11) is 0. The van der Waals surface area contributed by atoms with Crippen molar-refractivity contribution in [3.05, 3.63) is 23.3 Å². The van der Waals surface area contributed by atoms with Gasteiger partial charge in [-0.25, -0.2) is 0 Å². The number of nitrogen functional groups attached to an aromatic ring is 1. The number of carbonyl (C=O) groups excluding carboxylic acids is 1. The van der Waals surface area contributed by atoms with Gasteiger partial charge in [-0.2, -0.15) is 0 Å². The first kappa shape index (κ1) is 15.7. The van der Waals surface area contributed by atoms with Crippen molar-refractivity contribution in [3.8, 4) is 0 Å². The number of nitrogens with one attached hydrogen (secondary N) is 1. The molecule has 0 spiro atoms. The van der Waals surface area contributed by atoms with E-state index in [1.165, 1.54) is 11.3 Å². The molecule has 0 bridgehead atoms. The van der Waals surface area contributed by atoms with Gasteiger partial charge in [-0.1, -0.05) is 13.8 Å². The van der Waals surface area contributed by atoms with Gasteiger partial charge in [0.2, 0.25) is 0 Å². The van der Waals surface area contributed by atoms with E-state index in [2.05, 4.69) is 24.1 Å². The number of carbonyl (C=O) groups is 1. The Morgan fingerprint density at radius 2 is 2.29 bits per heavy atom. The topological polar surface area (TPSA) is 77.2 Å². The van der Waals surface area contributed by atoms with Crippen LogP contribution in [0.4, 0.5) is 5.69 Å². The molecule has 2 heterocycles. The molecule has 6 heteroatoms. The predicted octanol–water partition coefficient (Wildman–Crippen LogP) is 2.67. The van der Waals surface area contributed by atoms with Crippen LogP contribution in [0.15, 0.2) is 18.5 Å². The van der Waals surface area contributed by atoms with Gasteiger partial charge in [-0.3, -0.25) is 9.78 Å². The van der Waals surface area contributed by atoms with Crippen LogP contribution in [0.1, 0.15) is 30.4 Å². The third-order valence-electron chi connectivity index (χ3n) is 3.36. The average Bonchev–Trinajstić information content (AvgIpc) is 2.81. The summed E-state index contributed by atoms with van der Waals surface area (Å²) in [4.78, 5) is 17.1. The number of amides is 1. The van der Waals surface area contributed by atoms with Crippen LogP contribution in [-0.2, 0) is 4.74 Å². The quantitative estimate of drug-likeness (QED) is 0.860. The van der Waals surface area contributed by atoms with Gasteiger partial charge in [0.1, 0.15) is 4.88 Å². The van der Waals surface area contributed by atoms with Crippen molar-refractivity contribution < 1.29 is 9.53 Å². The molecule has 2 aromatic heterocycles. The molecule has 0 aliphatic carbocycles. The van der Waals surface area contributed by atoms with Gasteiger partial charge in [-0.15, -0.1) is 11.3 Å². The molecule has 3 N–H and O–H groups in total. The van der Waals surface area contributed by atoms with Crippen LogP contribution in [0.2, 0.25) is 0 Å². The molecule has 0 fully saturated rings. The Balaban J connectivity index is 2.19. The van der Waals surface area contributed by atoms with Crippen LogP contribution >= 0.6 is 11.3 Å². The Morgan fingerprint density at radius 3 is 2.90 bits per heavy atom. The first-order valence-corrected chi connectivity index (χ1v) is 7.86. The van der Waals surface area contributed by atoms with E-state index < -0.39 is 0 Å². The largest absolute Gasteiger partial charge is 0.397 e. The summed E-state index contributed by atoms with van der Waals surface area (Å²) >= 11 is 1.37. The second-order valence-electron chi connectivity index (χ2n) is 5.20. The monoisotopic (exact) mass is 307 g/mol. The molecule has 1 amide bonds. The van der Waals surface area contributed by atoms with Gasteiger partial charge in [0.15, 0.2) is 0 Å². The molecule has 0 radical (unpaired) electrons. The summed E-state index contributed by atoms with van der Waals surface area (Å²) in [5.41, 5.74) is 6.60. The maximum absolute atomic E-state index is 12.5. The number of rotatable bonds is 6. The maximum Gasteiger partial charge on any atom is 0.263 e. The molecule has 2 rings (SSSR count). The molecule has 1 atom stereocenters. The minimum Gasteiger partial charge on any atom is -0.397 e. The SMILES string of the molecule is CCOCC(NC(=O)c1sc2cnccc2c1N)C(C)C. The zero-order valence-corrected chi connectivity index (χ0v) is 13.4. The summed E-state index contributed by atoms with van der Waals surface area (Å²) in [5, 5.41) is 3.90. The van der Waals surface area contributed by atoms with Crippen LogP contribution in [0, 0.1) is 5.92 Å². The number of ether oxygens (including phenoxy) is 1. The van der Waals surface area contributed by atoms with Crippen molar-refractivity contribution in [3.63, 3.8) is 0 Å². The third kappa shape index (κ3) is 3.51. The number of pyridine rings is 1. The van der Waals surface area contributed by atoms with Crippen molar-refractivity contribution in [2.75, 3.05) is 18.9 Å². The minimum absolute atomic E-state index is 0.0276. The van der Waals surface area contributed by atoms with E-state index in [0.717, 1.165) is 10.1 Å². The second-order valence-corrected chi connectivity index (χ2v) is 6.25. The molecule has 21 heavy (non-hydrogen) atoms. The van der Waals surface area contributed by atoms with Gasteiger partial charge >= 0.3 is 0 Å². The van der Waals surface area contributed by atoms with Crippen molar-refractivity contribution in [1.82, 2.24) is 10.3 Å².